The van der Waals surface area contributed by atoms with Crippen LogP contribution >= 0.6 is 0 Å². The number of likely N-dealkylation sites (N-methyl/N-ethyl adjacent to an activating group) is 1. The van der Waals surface area contributed by atoms with E-state index in [0.717, 1.165) is 0 Å². The number of nitrogens with zero attached hydrogens (tertiary/aromatic N) is 2. The summed E-state index contributed by atoms with van der Waals surface area (Å²) >= 11 is 0. The van der Waals surface area contributed by atoms with Crippen molar-refractivity contribution in [2.75, 3.05) is 14.1 Å². The molecule has 0 unspecified atom stereocenters. The van der Waals surface area contributed by atoms with Crippen LogP contribution in [0.1, 0.15) is 17.4 Å². The molecule has 1 N–H and O–H groups in total. The first-order valence-electron chi connectivity index (χ1n) is 6.31. The maximum atomic E-state index is 12.1. The number of hydrogen-bond donors (Lipinski definition) is 1. The fourth-order valence-electron chi connectivity index (χ4n) is 1.90. The molecule has 7 heteroatoms. The van der Waals surface area contributed by atoms with Crippen molar-refractivity contribution in [3.05, 3.63) is 40.3 Å². The minimum absolute atomic E-state index is 0.0244. The molecule has 2 rings (SSSR count). The van der Waals surface area contributed by atoms with Crippen molar-refractivity contribution in [2.45, 2.75) is 13.0 Å². The summed E-state index contributed by atoms with van der Waals surface area (Å²) in [7, 11) is 3.14. The van der Waals surface area contributed by atoms with Crippen LogP contribution in [-0.2, 0) is 9.53 Å². The zero-order chi connectivity index (χ0) is 15.6. The van der Waals surface area contributed by atoms with Gasteiger partial charge in [0.2, 0.25) is 0 Å². The van der Waals surface area contributed by atoms with Crippen LogP contribution in [0.5, 0.6) is 0 Å². The summed E-state index contributed by atoms with van der Waals surface area (Å²) in [6, 6.07) is 6.56. The summed E-state index contributed by atoms with van der Waals surface area (Å²) in [5.74, 6) is -1.10. The lowest BCUT2D eigenvalue weighted by molar-refractivity contribution is -0.137. The van der Waals surface area contributed by atoms with Gasteiger partial charge in [0.15, 0.2) is 11.8 Å². The number of hydrogen-bond acceptors (Lipinski definition) is 5. The van der Waals surface area contributed by atoms with Crippen molar-refractivity contribution in [2.24, 2.45) is 0 Å². The Balaban J connectivity index is 2.35. The molecular weight excluding hydrogens is 274 g/mol. The largest absolute Gasteiger partial charge is 0.448 e. The third-order valence-corrected chi connectivity index (χ3v) is 2.96. The van der Waals surface area contributed by atoms with Gasteiger partial charge in [0.25, 0.3) is 11.5 Å². The average Bonchev–Trinajstić information content (AvgIpc) is 2.46. The van der Waals surface area contributed by atoms with Gasteiger partial charge in [0.1, 0.15) is 0 Å². The highest BCUT2D eigenvalue weighted by atomic mass is 16.5. The minimum atomic E-state index is -0.931. The van der Waals surface area contributed by atoms with Crippen LogP contribution in [0.2, 0.25) is 0 Å². The van der Waals surface area contributed by atoms with Crippen LogP contribution < -0.4 is 5.56 Å². The molecule has 0 saturated carbocycles. The Morgan fingerprint density at radius 2 is 1.86 bits per heavy atom. The van der Waals surface area contributed by atoms with E-state index in [1.807, 2.05) is 0 Å². The van der Waals surface area contributed by atoms with E-state index in [1.54, 1.807) is 38.4 Å². The normalized spacial score (nSPS) is 12.0. The van der Waals surface area contributed by atoms with Gasteiger partial charge in [0, 0.05) is 19.5 Å². The van der Waals surface area contributed by atoms with Crippen LogP contribution in [0, 0.1) is 0 Å². The summed E-state index contributed by atoms with van der Waals surface area (Å²) in [6.07, 6.45) is -0.931. The van der Waals surface area contributed by atoms with Crippen LogP contribution in [-0.4, -0.2) is 47.2 Å². The standard InChI is InChI=1S/C14H15N3O4/c1-8(13(19)17(2)3)21-14(20)11-9-6-4-5-7-10(9)12(18)16-15-11/h4-8H,1-3H3,(H,16,18)/t8-/m1/s1. The van der Waals surface area contributed by atoms with Crippen molar-refractivity contribution < 1.29 is 14.3 Å². The van der Waals surface area contributed by atoms with E-state index in [1.165, 1.54) is 11.8 Å². The highest BCUT2D eigenvalue weighted by Crippen LogP contribution is 2.14. The summed E-state index contributed by atoms with van der Waals surface area (Å²) in [5, 5.41) is 6.70. The lowest BCUT2D eigenvalue weighted by atomic mass is 10.1. The number of aromatic nitrogens is 2. The second-order valence-corrected chi connectivity index (χ2v) is 4.73. The van der Waals surface area contributed by atoms with Gasteiger partial charge in [-0.1, -0.05) is 18.2 Å². The van der Waals surface area contributed by atoms with E-state index >= 15 is 0 Å². The molecule has 1 amide bonds. The number of aromatic amines is 1. The maximum absolute atomic E-state index is 12.1. The fourth-order valence-corrected chi connectivity index (χ4v) is 1.90. The van der Waals surface area contributed by atoms with Crippen LogP contribution in [0.15, 0.2) is 29.1 Å². The predicted octanol–water partition coefficient (Wildman–Crippen LogP) is 0.557. The van der Waals surface area contributed by atoms with Crippen molar-refractivity contribution >= 4 is 22.6 Å². The molecule has 1 atom stereocenters. The second kappa shape index (κ2) is 5.74. The molecule has 0 saturated heterocycles. The summed E-state index contributed by atoms with van der Waals surface area (Å²) in [5.41, 5.74) is -0.414. The fraction of sp³-hybridized carbons (Fsp3) is 0.286. The third-order valence-electron chi connectivity index (χ3n) is 2.96. The molecule has 0 aliphatic heterocycles. The van der Waals surface area contributed by atoms with Gasteiger partial charge in [-0.3, -0.25) is 9.59 Å². The molecule has 1 heterocycles. The average molecular weight is 289 g/mol. The van der Waals surface area contributed by atoms with Crippen molar-refractivity contribution in [3.8, 4) is 0 Å². The highest BCUT2D eigenvalue weighted by molar-refractivity contribution is 6.02. The van der Waals surface area contributed by atoms with Crippen molar-refractivity contribution in [1.82, 2.24) is 15.1 Å². The van der Waals surface area contributed by atoms with E-state index in [0.29, 0.717) is 10.8 Å². The van der Waals surface area contributed by atoms with Gasteiger partial charge in [-0.05, 0) is 13.0 Å². The lowest BCUT2D eigenvalue weighted by Crippen LogP contribution is -2.35. The number of carbonyl (C=O) groups excluding carboxylic acids is 2. The maximum Gasteiger partial charge on any atom is 0.360 e. The Kier molecular flexibility index (Phi) is 4.02. The van der Waals surface area contributed by atoms with E-state index in [2.05, 4.69) is 10.2 Å². The molecule has 110 valence electrons. The molecule has 1 aromatic heterocycles. The van der Waals surface area contributed by atoms with E-state index in [9.17, 15) is 14.4 Å². The first-order valence-corrected chi connectivity index (χ1v) is 6.31. The molecular formula is C14H15N3O4. The minimum Gasteiger partial charge on any atom is -0.448 e. The number of carbonyl (C=O) groups is 2. The van der Waals surface area contributed by atoms with E-state index < -0.39 is 12.1 Å². The Hall–Kier alpha value is -2.70. The highest BCUT2D eigenvalue weighted by Gasteiger charge is 2.23. The number of ether oxygens (including phenoxy) is 1. The molecule has 0 aliphatic rings. The number of amides is 1. The molecule has 0 spiro atoms. The number of fused-ring (bicyclic) bond motifs is 1. The zero-order valence-corrected chi connectivity index (χ0v) is 11.9. The zero-order valence-electron chi connectivity index (χ0n) is 11.9. The van der Waals surface area contributed by atoms with Gasteiger partial charge in [0.05, 0.1) is 5.39 Å². The van der Waals surface area contributed by atoms with Crippen LogP contribution in [0.25, 0.3) is 10.8 Å². The van der Waals surface area contributed by atoms with Gasteiger partial charge >= 0.3 is 5.97 Å². The Labute approximate surface area is 120 Å². The first kappa shape index (κ1) is 14.7. The molecule has 0 bridgehead atoms. The van der Waals surface area contributed by atoms with Gasteiger partial charge < -0.3 is 9.64 Å². The number of H-pyrrole nitrogens is 1. The predicted molar refractivity (Wildman–Crippen MR) is 75.9 cm³/mol. The van der Waals surface area contributed by atoms with Crippen LogP contribution in [0.4, 0.5) is 0 Å². The van der Waals surface area contributed by atoms with Crippen molar-refractivity contribution in [1.29, 1.82) is 0 Å². The molecule has 21 heavy (non-hydrogen) atoms. The van der Waals surface area contributed by atoms with Gasteiger partial charge in [-0.2, -0.15) is 5.10 Å². The number of rotatable bonds is 3. The number of nitrogens with one attached hydrogen (secondary N) is 1. The number of esters is 1. The van der Waals surface area contributed by atoms with Gasteiger partial charge in [-0.25, -0.2) is 9.89 Å². The quantitative estimate of drug-likeness (QED) is 0.833. The van der Waals surface area contributed by atoms with Gasteiger partial charge in [-0.15, -0.1) is 0 Å². The second-order valence-electron chi connectivity index (χ2n) is 4.73. The summed E-state index contributed by atoms with van der Waals surface area (Å²) in [6.45, 7) is 1.48. The van der Waals surface area contributed by atoms with E-state index in [4.69, 9.17) is 4.74 Å². The first-order chi connectivity index (χ1) is 9.91. The monoisotopic (exact) mass is 289 g/mol. The third kappa shape index (κ3) is 2.91. The SMILES string of the molecule is C[C@@H](OC(=O)c1n[nH]c(=O)c2ccccc12)C(=O)N(C)C. The Morgan fingerprint density at radius 3 is 2.48 bits per heavy atom. The summed E-state index contributed by atoms with van der Waals surface area (Å²) in [4.78, 5) is 36.8. The smallest absolute Gasteiger partial charge is 0.360 e. The van der Waals surface area contributed by atoms with Crippen molar-refractivity contribution in [3.63, 3.8) is 0 Å². The molecule has 1 aromatic carbocycles. The Bertz CT molecular complexity index is 751. The molecule has 0 aliphatic carbocycles. The topological polar surface area (TPSA) is 92.4 Å². The van der Waals surface area contributed by atoms with E-state index in [-0.39, 0.29) is 17.2 Å². The summed E-state index contributed by atoms with van der Waals surface area (Å²) < 4.78 is 5.09. The lowest BCUT2D eigenvalue weighted by Gasteiger charge is -2.17. The molecule has 7 nitrogen and oxygen atoms in total. The molecule has 0 radical (unpaired) electrons. The molecule has 2 aromatic rings. The Morgan fingerprint density at radius 1 is 1.24 bits per heavy atom. The number of benzene rings is 1. The van der Waals surface area contributed by atoms with Crippen LogP contribution in [0.3, 0.4) is 0 Å². The molecule has 0 fully saturated rings.